The van der Waals surface area contributed by atoms with Crippen molar-refractivity contribution in [3.63, 3.8) is 0 Å². The second-order valence-corrected chi connectivity index (χ2v) is 5.08. The summed E-state index contributed by atoms with van der Waals surface area (Å²) in [4.78, 5) is 13.3. The number of thioether (sulfide) groups is 1. The zero-order valence-corrected chi connectivity index (χ0v) is 11.3. The van der Waals surface area contributed by atoms with E-state index in [0.29, 0.717) is 0 Å². The number of anilines is 1. The summed E-state index contributed by atoms with van der Waals surface area (Å²) in [6, 6.07) is 16.7. The van der Waals surface area contributed by atoms with E-state index in [4.69, 9.17) is 0 Å². The standard InChI is InChI=1S/C14H14N2O2S/c1-15(12-5-3-2-4-6-12)11-19-14-9-7-13(8-10-14)16(17)18/h2-10H,11H2,1H3. The molecule has 0 N–H and O–H groups in total. The molecule has 0 unspecified atom stereocenters. The molecule has 19 heavy (non-hydrogen) atoms. The van der Waals surface area contributed by atoms with Gasteiger partial charge in [0.2, 0.25) is 0 Å². The largest absolute Gasteiger partial charge is 0.365 e. The molecule has 0 aliphatic carbocycles. The number of para-hydroxylation sites is 1. The van der Waals surface area contributed by atoms with Crippen molar-refractivity contribution in [3.8, 4) is 0 Å². The van der Waals surface area contributed by atoms with Gasteiger partial charge in [0.15, 0.2) is 0 Å². The predicted molar refractivity (Wildman–Crippen MR) is 78.7 cm³/mol. The third kappa shape index (κ3) is 3.72. The van der Waals surface area contributed by atoms with Gasteiger partial charge in [-0.15, -0.1) is 11.8 Å². The van der Waals surface area contributed by atoms with Crippen molar-refractivity contribution in [2.75, 3.05) is 17.8 Å². The molecule has 0 aliphatic rings. The second kappa shape index (κ2) is 6.24. The van der Waals surface area contributed by atoms with Gasteiger partial charge in [0, 0.05) is 29.8 Å². The Balaban J connectivity index is 1.93. The van der Waals surface area contributed by atoms with E-state index in [9.17, 15) is 10.1 Å². The number of hydrogen-bond acceptors (Lipinski definition) is 4. The SMILES string of the molecule is CN(CSc1ccc([N+](=O)[O-])cc1)c1ccccc1. The van der Waals surface area contributed by atoms with Crippen molar-refractivity contribution in [2.45, 2.75) is 4.90 Å². The Morgan fingerprint density at radius 1 is 1.11 bits per heavy atom. The molecule has 0 fully saturated rings. The first-order valence-corrected chi connectivity index (χ1v) is 6.79. The summed E-state index contributed by atoms with van der Waals surface area (Å²) in [5.41, 5.74) is 1.28. The molecule has 0 amide bonds. The van der Waals surface area contributed by atoms with E-state index in [1.54, 1.807) is 23.9 Å². The molecular formula is C14H14N2O2S. The number of rotatable bonds is 5. The molecular weight excluding hydrogens is 260 g/mol. The lowest BCUT2D eigenvalue weighted by atomic mass is 10.3. The normalized spacial score (nSPS) is 10.2. The Morgan fingerprint density at radius 3 is 2.32 bits per heavy atom. The lowest BCUT2D eigenvalue weighted by Crippen LogP contribution is -2.15. The van der Waals surface area contributed by atoms with Gasteiger partial charge in [0.1, 0.15) is 0 Å². The lowest BCUT2D eigenvalue weighted by Gasteiger charge is -2.18. The molecule has 0 saturated heterocycles. The van der Waals surface area contributed by atoms with Gasteiger partial charge in [-0.2, -0.15) is 0 Å². The van der Waals surface area contributed by atoms with Crippen molar-refractivity contribution >= 4 is 23.1 Å². The van der Waals surface area contributed by atoms with Gasteiger partial charge in [0.25, 0.3) is 5.69 Å². The topological polar surface area (TPSA) is 46.4 Å². The molecule has 0 spiro atoms. The highest BCUT2D eigenvalue weighted by molar-refractivity contribution is 7.99. The second-order valence-electron chi connectivity index (χ2n) is 4.06. The van der Waals surface area contributed by atoms with Crippen molar-refractivity contribution in [3.05, 3.63) is 64.7 Å². The fourth-order valence-corrected chi connectivity index (χ4v) is 2.41. The van der Waals surface area contributed by atoms with Crippen LogP contribution < -0.4 is 4.90 Å². The maximum atomic E-state index is 10.6. The maximum absolute atomic E-state index is 10.6. The van der Waals surface area contributed by atoms with E-state index < -0.39 is 0 Å². The van der Waals surface area contributed by atoms with Gasteiger partial charge in [-0.25, -0.2) is 0 Å². The first-order valence-electron chi connectivity index (χ1n) is 5.80. The Morgan fingerprint density at radius 2 is 1.74 bits per heavy atom. The molecule has 0 saturated carbocycles. The summed E-state index contributed by atoms with van der Waals surface area (Å²) in [6.07, 6.45) is 0. The molecule has 5 heteroatoms. The fourth-order valence-electron chi connectivity index (χ4n) is 1.59. The Kier molecular flexibility index (Phi) is 4.41. The number of nitro groups is 1. The summed E-state index contributed by atoms with van der Waals surface area (Å²) >= 11 is 1.65. The van der Waals surface area contributed by atoms with E-state index in [2.05, 4.69) is 17.0 Å². The molecule has 98 valence electrons. The van der Waals surface area contributed by atoms with Crippen molar-refractivity contribution in [1.82, 2.24) is 0 Å². The van der Waals surface area contributed by atoms with E-state index >= 15 is 0 Å². The van der Waals surface area contributed by atoms with E-state index in [0.717, 1.165) is 16.5 Å². The Labute approximate surface area is 116 Å². The van der Waals surface area contributed by atoms with Crippen molar-refractivity contribution in [2.24, 2.45) is 0 Å². The quantitative estimate of drug-likeness (QED) is 0.360. The van der Waals surface area contributed by atoms with Crippen LogP contribution in [0.5, 0.6) is 0 Å². The average molecular weight is 274 g/mol. The molecule has 2 rings (SSSR count). The summed E-state index contributed by atoms with van der Waals surface area (Å²) in [7, 11) is 2.02. The molecule has 2 aromatic rings. The highest BCUT2D eigenvalue weighted by Crippen LogP contribution is 2.23. The average Bonchev–Trinajstić information content (AvgIpc) is 2.46. The molecule has 4 nitrogen and oxygen atoms in total. The minimum Gasteiger partial charge on any atom is -0.365 e. The first-order chi connectivity index (χ1) is 9.16. The third-order valence-corrected chi connectivity index (χ3v) is 3.79. The van der Waals surface area contributed by atoms with Gasteiger partial charge in [-0.05, 0) is 24.3 Å². The monoisotopic (exact) mass is 274 g/mol. The van der Waals surface area contributed by atoms with E-state index in [1.165, 1.54) is 12.1 Å². The Hall–Kier alpha value is -2.01. The van der Waals surface area contributed by atoms with Gasteiger partial charge in [-0.1, -0.05) is 18.2 Å². The molecule has 0 aliphatic heterocycles. The molecule has 0 bridgehead atoms. The molecule has 2 aromatic carbocycles. The van der Waals surface area contributed by atoms with Crippen molar-refractivity contribution in [1.29, 1.82) is 0 Å². The van der Waals surface area contributed by atoms with Gasteiger partial charge < -0.3 is 4.90 Å². The summed E-state index contributed by atoms with van der Waals surface area (Å²) in [5.74, 6) is 0.793. The van der Waals surface area contributed by atoms with Crippen LogP contribution in [0, 0.1) is 10.1 Å². The number of non-ortho nitro benzene ring substituents is 1. The highest BCUT2D eigenvalue weighted by Gasteiger charge is 2.05. The Bertz CT molecular complexity index is 543. The fraction of sp³-hybridized carbons (Fsp3) is 0.143. The van der Waals surface area contributed by atoms with E-state index in [-0.39, 0.29) is 10.6 Å². The number of benzene rings is 2. The molecule has 0 radical (unpaired) electrons. The number of nitro benzene ring substituents is 1. The number of nitrogens with zero attached hydrogens (tertiary/aromatic N) is 2. The van der Waals surface area contributed by atoms with Crippen LogP contribution in [-0.2, 0) is 0 Å². The smallest absolute Gasteiger partial charge is 0.269 e. The zero-order chi connectivity index (χ0) is 13.7. The van der Waals surface area contributed by atoms with Gasteiger partial charge in [-0.3, -0.25) is 10.1 Å². The third-order valence-electron chi connectivity index (χ3n) is 2.67. The van der Waals surface area contributed by atoms with Crippen LogP contribution in [0.2, 0.25) is 0 Å². The van der Waals surface area contributed by atoms with E-state index in [1.807, 2.05) is 25.2 Å². The molecule has 0 aromatic heterocycles. The van der Waals surface area contributed by atoms with Crippen LogP contribution in [0.3, 0.4) is 0 Å². The number of hydrogen-bond donors (Lipinski definition) is 0. The summed E-state index contributed by atoms with van der Waals surface area (Å²) in [5, 5.41) is 10.6. The molecule has 0 atom stereocenters. The van der Waals surface area contributed by atoms with Gasteiger partial charge >= 0.3 is 0 Å². The summed E-state index contributed by atoms with van der Waals surface area (Å²) < 4.78 is 0. The van der Waals surface area contributed by atoms with Crippen molar-refractivity contribution < 1.29 is 4.92 Å². The molecule has 0 heterocycles. The van der Waals surface area contributed by atoms with Crippen LogP contribution in [0.1, 0.15) is 0 Å². The summed E-state index contributed by atoms with van der Waals surface area (Å²) in [6.45, 7) is 0. The maximum Gasteiger partial charge on any atom is 0.269 e. The van der Waals surface area contributed by atoms with Crippen LogP contribution in [0.15, 0.2) is 59.5 Å². The van der Waals surface area contributed by atoms with Crippen LogP contribution in [0.25, 0.3) is 0 Å². The van der Waals surface area contributed by atoms with Gasteiger partial charge in [0.05, 0.1) is 10.8 Å². The van der Waals surface area contributed by atoms with Crippen LogP contribution >= 0.6 is 11.8 Å². The zero-order valence-electron chi connectivity index (χ0n) is 10.5. The minimum atomic E-state index is -0.384. The highest BCUT2D eigenvalue weighted by atomic mass is 32.2. The minimum absolute atomic E-state index is 0.126. The van der Waals surface area contributed by atoms with Crippen LogP contribution in [0.4, 0.5) is 11.4 Å². The lowest BCUT2D eigenvalue weighted by molar-refractivity contribution is -0.384. The van der Waals surface area contributed by atoms with Crippen LogP contribution in [-0.4, -0.2) is 17.8 Å². The first kappa shape index (κ1) is 13.4. The predicted octanol–water partition coefficient (Wildman–Crippen LogP) is 3.78.